The van der Waals surface area contributed by atoms with Crippen LogP contribution in [0.15, 0.2) is 36.5 Å². The van der Waals surface area contributed by atoms with Crippen LogP contribution in [0, 0.1) is 0 Å². The SMILES string of the molecule is CCCCC/C=C/CCCC(O)C(O)C(CO)NC(=O)CCCCCCCCCCCCCCCCC/C=C\C/C=C\CCCCCCCCCCC. The monoisotopic (exact) mass is 746 g/mol. The highest BCUT2D eigenvalue weighted by Crippen LogP contribution is 2.16. The van der Waals surface area contributed by atoms with Crippen molar-refractivity contribution in [1.82, 2.24) is 5.32 Å². The fraction of sp³-hybridized carbons (Fsp3) is 0.854. The molecule has 5 heteroatoms. The summed E-state index contributed by atoms with van der Waals surface area (Å²) in [7, 11) is 0. The van der Waals surface area contributed by atoms with Crippen LogP contribution < -0.4 is 5.32 Å². The number of nitrogens with one attached hydrogen (secondary N) is 1. The highest BCUT2D eigenvalue weighted by Gasteiger charge is 2.26. The average Bonchev–Trinajstić information content (AvgIpc) is 3.16. The second-order valence-electron chi connectivity index (χ2n) is 16.0. The van der Waals surface area contributed by atoms with E-state index in [9.17, 15) is 20.1 Å². The molecule has 0 heterocycles. The van der Waals surface area contributed by atoms with Crippen molar-refractivity contribution in [3.05, 3.63) is 36.5 Å². The summed E-state index contributed by atoms with van der Waals surface area (Å²) in [4.78, 5) is 12.4. The third-order valence-corrected chi connectivity index (χ3v) is 10.7. The van der Waals surface area contributed by atoms with Gasteiger partial charge in [-0.25, -0.2) is 0 Å². The molecule has 0 aromatic heterocycles. The molecule has 0 aromatic carbocycles. The van der Waals surface area contributed by atoms with Crippen LogP contribution in [0.1, 0.15) is 239 Å². The molecule has 5 nitrogen and oxygen atoms in total. The van der Waals surface area contributed by atoms with E-state index < -0.39 is 18.2 Å². The van der Waals surface area contributed by atoms with E-state index in [1.807, 2.05) is 0 Å². The molecular weight excluding hydrogens is 655 g/mol. The summed E-state index contributed by atoms with van der Waals surface area (Å²) >= 11 is 0. The first kappa shape index (κ1) is 51.6. The van der Waals surface area contributed by atoms with Gasteiger partial charge < -0.3 is 20.6 Å². The predicted molar refractivity (Wildman–Crippen MR) is 231 cm³/mol. The average molecular weight is 746 g/mol. The Kier molecular flexibility index (Phi) is 42.1. The highest BCUT2D eigenvalue weighted by atomic mass is 16.3. The molecule has 1 amide bonds. The van der Waals surface area contributed by atoms with Gasteiger partial charge in [0.05, 0.1) is 18.8 Å². The number of carbonyl (C=O) groups excluding carboxylic acids is 1. The molecule has 53 heavy (non-hydrogen) atoms. The van der Waals surface area contributed by atoms with E-state index in [4.69, 9.17) is 0 Å². The molecule has 0 aromatic rings. The summed E-state index contributed by atoms with van der Waals surface area (Å²) < 4.78 is 0. The van der Waals surface area contributed by atoms with Crippen molar-refractivity contribution in [1.29, 1.82) is 0 Å². The third kappa shape index (κ3) is 38.6. The molecular formula is C48H91NO4. The van der Waals surface area contributed by atoms with Gasteiger partial charge in [-0.15, -0.1) is 0 Å². The number of carbonyl (C=O) groups is 1. The van der Waals surface area contributed by atoms with Crippen LogP contribution in [0.2, 0.25) is 0 Å². The molecule has 312 valence electrons. The van der Waals surface area contributed by atoms with Crippen LogP contribution in [-0.2, 0) is 4.79 Å². The maximum absolute atomic E-state index is 12.4. The first-order chi connectivity index (χ1) is 26.1. The second-order valence-corrected chi connectivity index (χ2v) is 16.0. The van der Waals surface area contributed by atoms with Crippen LogP contribution in [0.25, 0.3) is 0 Å². The van der Waals surface area contributed by atoms with Crippen molar-refractivity contribution in [2.24, 2.45) is 0 Å². The first-order valence-corrected chi connectivity index (χ1v) is 23.3. The van der Waals surface area contributed by atoms with Gasteiger partial charge in [0, 0.05) is 6.42 Å². The molecule has 0 aliphatic heterocycles. The van der Waals surface area contributed by atoms with Gasteiger partial charge in [-0.2, -0.15) is 0 Å². The Bertz CT molecular complexity index is 824. The third-order valence-electron chi connectivity index (χ3n) is 10.7. The van der Waals surface area contributed by atoms with Gasteiger partial charge in [0.2, 0.25) is 5.91 Å². The molecule has 0 saturated carbocycles. The molecule has 0 radical (unpaired) electrons. The summed E-state index contributed by atoms with van der Waals surface area (Å²) in [5, 5.41) is 33.3. The standard InChI is InChI=1S/C48H91NO4/c1-3-5-7-9-11-13-14-15-16-17-18-19-20-21-22-23-24-25-26-27-28-29-30-31-32-33-34-35-37-39-41-43-47(52)49-45(44-50)48(53)46(51)42-40-38-36-12-10-8-6-4-2/h12,18-19,21-22,36,45-46,48,50-51,53H,3-11,13-17,20,23-35,37-44H2,1-2H3,(H,49,52)/b19-18-,22-21-,36-12+. The lowest BCUT2D eigenvalue weighted by molar-refractivity contribution is -0.124. The molecule has 0 bridgehead atoms. The van der Waals surface area contributed by atoms with Gasteiger partial charge in [0.1, 0.15) is 6.10 Å². The number of allylic oxidation sites excluding steroid dienone is 6. The lowest BCUT2D eigenvalue weighted by Gasteiger charge is -2.26. The zero-order valence-electron chi connectivity index (χ0n) is 35.4. The van der Waals surface area contributed by atoms with Gasteiger partial charge in [0.15, 0.2) is 0 Å². The van der Waals surface area contributed by atoms with Crippen LogP contribution >= 0.6 is 0 Å². The van der Waals surface area contributed by atoms with E-state index in [2.05, 4.69) is 55.6 Å². The van der Waals surface area contributed by atoms with Crippen LogP contribution in [-0.4, -0.2) is 46.1 Å². The molecule has 3 atom stereocenters. The van der Waals surface area contributed by atoms with Gasteiger partial charge in [-0.1, -0.05) is 198 Å². The molecule has 0 rings (SSSR count). The molecule has 3 unspecified atom stereocenters. The highest BCUT2D eigenvalue weighted by molar-refractivity contribution is 5.76. The molecule has 0 saturated heterocycles. The number of aliphatic hydroxyl groups excluding tert-OH is 3. The number of hydrogen-bond donors (Lipinski definition) is 4. The van der Waals surface area contributed by atoms with E-state index in [0.29, 0.717) is 12.8 Å². The Morgan fingerprint density at radius 3 is 1.25 bits per heavy atom. The summed E-state index contributed by atoms with van der Waals surface area (Å²) in [6.45, 7) is 4.11. The summed E-state index contributed by atoms with van der Waals surface area (Å²) in [6.07, 6.45) is 54.4. The zero-order valence-corrected chi connectivity index (χ0v) is 35.4. The summed E-state index contributed by atoms with van der Waals surface area (Å²) in [5.74, 6) is -0.157. The molecule has 0 spiro atoms. The fourth-order valence-corrected chi connectivity index (χ4v) is 7.08. The molecule has 4 N–H and O–H groups in total. The predicted octanol–water partition coefficient (Wildman–Crippen LogP) is 13.5. The largest absolute Gasteiger partial charge is 0.394 e. The fourth-order valence-electron chi connectivity index (χ4n) is 7.08. The lowest BCUT2D eigenvalue weighted by atomic mass is 10.0. The normalized spacial score (nSPS) is 13.8. The van der Waals surface area contributed by atoms with Crippen molar-refractivity contribution in [3.63, 3.8) is 0 Å². The lowest BCUT2D eigenvalue weighted by Crippen LogP contribution is -2.50. The van der Waals surface area contributed by atoms with E-state index in [0.717, 1.165) is 44.9 Å². The van der Waals surface area contributed by atoms with E-state index in [1.54, 1.807) is 0 Å². The Balaban J connectivity index is 3.49. The summed E-state index contributed by atoms with van der Waals surface area (Å²) in [5.41, 5.74) is 0. The first-order valence-electron chi connectivity index (χ1n) is 23.3. The minimum absolute atomic E-state index is 0.157. The Morgan fingerprint density at radius 1 is 0.472 bits per heavy atom. The zero-order chi connectivity index (χ0) is 38.7. The van der Waals surface area contributed by atoms with Crippen molar-refractivity contribution in [3.8, 4) is 0 Å². The number of aliphatic hydroxyl groups is 3. The van der Waals surface area contributed by atoms with Crippen LogP contribution in [0.3, 0.4) is 0 Å². The van der Waals surface area contributed by atoms with Crippen molar-refractivity contribution >= 4 is 5.91 Å². The maximum Gasteiger partial charge on any atom is 0.220 e. The number of unbranched alkanes of at least 4 members (excludes halogenated alkanes) is 28. The Labute approximate surface area is 330 Å². The van der Waals surface area contributed by atoms with Crippen molar-refractivity contribution < 1.29 is 20.1 Å². The summed E-state index contributed by atoms with van der Waals surface area (Å²) in [6, 6.07) is -0.823. The minimum atomic E-state index is -1.16. The van der Waals surface area contributed by atoms with Crippen LogP contribution in [0.4, 0.5) is 0 Å². The topological polar surface area (TPSA) is 89.8 Å². The molecule has 0 aliphatic carbocycles. The van der Waals surface area contributed by atoms with E-state index in [-0.39, 0.29) is 12.5 Å². The van der Waals surface area contributed by atoms with Crippen LogP contribution in [0.5, 0.6) is 0 Å². The van der Waals surface area contributed by atoms with Gasteiger partial charge >= 0.3 is 0 Å². The van der Waals surface area contributed by atoms with Gasteiger partial charge in [-0.3, -0.25) is 4.79 Å². The van der Waals surface area contributed by atoms with E-state index >= 15 is 0 Å². The quantitative estimate of drug-likeness (QED) is 0.0370. The minimum Gasteiger partial charge on any atom is -0.394 e. The number of amides is 1. The van der Waals surface area contributed by atoms with Crippen molar-refractivity contribution in [2.75, 3.05) is 6.61 Å². The van der Waals surface area contributed by atoms with E-state index in [1.165, 1.54) is 167 Å². The smallest absolute Gasteiger partial charge is 0.220 e. The van der Waals surface area contributed by atoms with Crippen molar-refractivity contribution in [2.45, 2.75) is 257 Å². The Hall–Kier alpha value is -1.43. The molecule has 0 fully saturated rings. The van der Waals surface area contributed by atoms with Gasteiger partial charge in [0.25, 0.3) is 0 Å². The number of hydrogen-bond acceptors (Lipinski definition) is 4. The Morgan fingerprint density at radius 2 is 0.811 bits per heavy atom. The molecule has 0 aliphatic rings. The number of rotatable bonds is 42. The second kappa shape index (κ2) is 43.3. The maximum atomic E-state index is 12.4. The van der Waals surface area contributed by atoms with Gasteiger partial charge in [-0.05, 0) is 70.6 Å².